The molecule has 0 bridgehead atoms. The summed E-state index contributed by atoms with van der Waals surface area (Å²) in [6.07, 6.45) is 8.32. The molecule has 102 valence electrons. The predicted octanol–water partition coefficient (Wildman–Crippen LogP) is 4.69. The minimum atomic E-state index is -0.105. The fourth-order valence-electron chi connectivity index (χ4n) is 1.94. The number of allylic oxidation sites excluding steroid dienone is 1. The summed E-state index contributed by atoms with van der Waals surface area (Å²) in [7, 11) is 0. The molecule has 0 saturated heterocycles. The standard InChI is InChI=1S/C15H30O2/c1-6-9-10-12-15(13(4)11-7-2)17-14(5)16-8-3/h11,14-15H,6-10,12H2,1-5H3. The maximum Gasteiger partial charge on any atom is 0.155 e. The van der Waals surface area contributed by atoms with E-state index in [1.165, 1.54) is 24.8 Å². The number of ether oxygens (including phenoxy) is 2. The van der Waals surface area contributed by atoms with Gasteiger partial charge < -0.3 is 9.47 Å². The summed E-state index contributed by atoms with van der Waals surface area (Å²) in [5, 5.41) is 0. The normalized spacial score (nSPS) is 15.9. The predicted molar refractivity (Wildman–Crippen MR) is 74.2 cm³/mol. The van der Waals surface area contributed by atoms with Gasteiger partial charge in [0.05, 0.1) is 6.10 Å². The van der Waals surface area contributed by atoms with E-state index in [1.807, 2.05) is 13.8 Å². The van der Waals surface area contributed by atoms with Gasteiger partial charge in [-0.3, -0.25) is 0 Å². The molecular formula is C15H30O2. The Hall–Kier alpha value is -0.340. The van der Waals surface area contributed by atoms with E-state index in [0.29, 0.717) is 6.61 Å². The maximum atomic E-state index is 5.96. The summed E-state index contributed by atoms with van der Waals surface area (Å²) < 4.78 is 11.4. The molecule has 0 saturated carbocycles. The van der Waals surface area contributed by atoms with Crippen LogP contribution in [-0.4, -0.2) is 19.0 Å². The van der Waals surface area contributed by atoms with Gasteiger partial charge in [0, 0.05) is 6.61 Å². The van der Waals surface area contributed by atoms with Gasteiger partial charge >= 0.3 is 0 Å². The van der Waals surface area contributed by atoms with Crippen LogP contribution < -0.4 is 0 Å². The molecule has 0 spiro atoms. The Bertz CT molecular complexity index is 199. The first-order valence-corrected chi connectivity index (χ1v) is 7.09. The molecule has 0 fully saturated rings. The van der Waals surface area contributed by atoms with Crippen LogP contribution in [0, 0.1) is 0 Å². The molecule has 0 aliphatic heterocycles. The second-order valence-corrected chi connectivity index (χ2v) is 4.50. The van der Waals surface area contributed by atoms with E-state index in [4.69, 9.17) is 9.47 Å². The fourth-order valence-corrected chi connectivity index (χ4v) is 1.94. The quantitative estimate of drug-likeness (QED) is 0.314. The Kier molecular flexibility index (Phi) is 10.6. The third kappa shape index (κ3) is 8.39. The highest BCUT2D eigenvalue weighted by molar-refractivity contribution is 5.04. The van der Waals surface area contributed by atoms with Gasteiger partial charge in [-0.25, -0.2) is 0 Å². The Morgan fingerprint density at radius 3 is 2.41 bits per heavy atom. The van der Waals surface area contributed by atoms with Crippen molar-refractivity contribution in [2.75, 3.05) is 6.61 Å². The summed E-state index contributed by atoms with van der Waals surface area (Å²) in [4.78, 5) is 0. The fraction of sp³-hybridized carbons (Fsp3) is 0.867. The molecule has 0 amide bonds. The van der Waals surface area contributed by atoms with Gasteiger partial charge in [-0.05, 0) is 39.2 Å². The van der Waals surface area contributed by atoms with E-state index in [-0.39, 0.29) is 12.4 Å². The molecule has 17 heavy (non-hydrogen) atoms. The van der Waals surface area contributed by atoms with Gasteiger partial charge in [-0.2, -0.15) is 0 Å². The van der Waals surface area contributed by atoms with Gasteiger partial charge in [-0.15, -0.1) is 0 Å². The Balaban J connectivity index is 4.23. The Morgan fingerprint density at radius 1 is 1.18 bits per heavy atom. The zero-order valence-corrected chi connectivity index (χ0v) is 12.3. The van der Waals surface area contributed by atoms with Gasteiger partial charge in [0.2, 0.25) is 0 Å². The summed E-state index contributed by atoms with van der Waals surface area (Å²) in [6.45, 7) is 11.3. The molecule has 0 aliphatic carbocycles. The smallest absolute Gasteiger partial charge is 0.155 e. The van der Waals surface area contributed by atoms with Crippen LogP contribution in [0.2, 0.25) is 0 Å². The molecular weight excluding hydrogens is 212 g/mol. The van der Waals surface area contributed by atoms with Crippen molar-refractivity contribution in [1.82, 2.24) is 0 Å². The Morgan fingerprint density at radius 2 is 1.88 bits per heavy atom. The lowest BCUT2D eigenvalue weighted by molar-refractivity contribution is -0.149. The molecule has 0 aromatic carbocycles. The average Bonchev–Trinajstić information content (AvgIpc) is 2.28. The van der Waals surface area contributed by atoms with Crippen LogP contribution in [0.3, 0.4) is 0 Å². The summed E-state index contributed by atoms with van der Waals surface area (Å²) in [5.74, 6) is 0. The number of rotatable bonds is 10. The minimum absolute atomic E-state index is 0.105. The van der Waals surface area contributed by atoms with Crippen LogP contribution in [0.15, 0.2) is 11.6 Å². The second-order valence-electron chi connectivity index (χ2n) is 4.50. The van der Waals surface area contributed by atoms with E-state index >= 15 is 0 Å². The van der Waals surface area contributed by atoms with E-state index < -0.39 is 0 Å². The number of unbranched alkanes of at least 4 members (excludes halogenated alkanes) is 2. The molecule has 2 nitrogen and oxygen atoms in total. The average molecular weight is 242 g/mol. The molecule has 0 aliphatic rings. The zero-order chi connectivity index (χ0) is 13.1. The minimum Gasteiger partial charge on any atom is -0.353 e. The first-order chi connectivity index (χ1) is 8.15. The Labute approximate surface area is 107 Å². The van der Waals surface area contributed by atoms with Crippen molar-refractivity contribution in [3.8, 4) is 0 Å². The lowest BCUT2D eigenvalue weighted by Crippen LogP contribution is -2.23. The second kappa shape index (κ2) is 10.8. The first kappa shape index (κ1) is 16.7. The zero-order valence-electron chi connectivity index (χ0n) is 12.3. The van der Waals surface area contributed by atoms with Crippen molar-refractivity contribution in [3.05, 3.63) is 11.6 Å². The lowest BCUT2D eigenvalue weighted by Gasteiger charge is -2.23. The molecule has 2 unspecified atom stereocenters. The molecule has 0 aromatic rings. The summed E-state index contributed by atoms with van der Waals surface area (Å²) in [6, 6.07) is 0. The van der Waals surface area contributed by atoms with Crippen LogP contribution in [0.25, 0.3) is 0 Å². The summed E-state index contributed by atoms with van der Waals surface area (Å²) in [5.41, 5.74) is 1.34. The number of hydrogen-bond acceptors (Lipinski definition) is 2. The van der Waals surface area contributed by atoms with Crippen molar-refractivity contribution in [2.45, 2.75) is 79.1 Å². The molecule has 0 heterocycles. The van der Waals surface area contributed by atoms with Crippen molar-refractivity contribution in [3.63, 3.8) is 0 Å². The van der Waals surface area contributed by atoms with E-state index in [9.17, 15) is 0 Å². The van der Waals surface area contributed by atoms with Crippen LogP contribution in [-0.2, 0) is 9.47 Å². The van der Waals surface area contributed by atoms with Crippen LogP contribution in [0.5, 0.6) is 0 Å². The van der Waals surface area contributed by atoms with Crippen LogP contribution >= 0.6 is 0 Å². The molecule has 0 radical (unpaired) electrons. The molecule has 2 heteroatoms. The van der Waals surface area contributed by atoms with Gasteiger partial charge in [0.15, 0.2) is 6.29 Å². The highest BCUT2D eigenvalue weighted by Crippen LogP contribution is 2.17. The molecule has 0 N–H and O–H groups in total. The molecule has 0 aromatic heterocycles. The van der Waals surface area contributed by atoms with Crippen LogP contribution in [0.1, 0.15) is 66.7 Å². The van der Waals surface area contributed by atoms with E-state index in [0.717, 1.165) is 12.8 Å². The van der Waals surface area contributed by atoms with Gasteiger partial charge in [-0.1, -0.05) is 39.2 Å². The molecule has 0 rings (SSSR count). The van der Waals surface area contributed by atoms with Gasteiger partial charge in [0.1, 0.15) is 0 Å². The highest BCUT2D eigenvalue weighted by atomic mass is 16.7. The van der Waals surface area contributed by atoms with E-state index in [1.54, 1.807) is 0 Å². The van der Waals surface area contributed by atoms with Crippen molar-refractivity contribution < 1.29 is 9.47 Å². The van der Waals surface area contributed by atoms with Gasteiger partial charge in [0.25, 0.3) is 0 Å². The lowest BCUT2D eigenvalue weighted by atomic mass is 10.0. The SMILES string of the molecule is CCC=C(C)C(CCCCC)OC(C)OCC. The topological polar surface area (TPSA) is 18.5 Å². The van der Waals surface area contributed by atoms with Crippen molar-refractivity contribution >= 4 is 0 Å². The van der Waals surface area contributed by atoms with Crippen molar-refractivity contribution in [1.29, 1.82) is 0 Å². The number of hydrogen-bond donors (Lipinski definition) is 0. The maximum absolute atomic E-state index is 5.96. The van der Waals surface area contributed by atoms with Crippen LogP contribution in [0.4, 0.5) is 0 Å². The monoisotopic (exact) mass is 242 g/mol. The first-order valence-electron chi connectivity index (χ1n) is 7.09. The highest BCUT2D eigenvalue weighted by Gasteiger charge is 2.14. The third-order valence-corrected chi connectivity index (χ3v) is 2.86. The van der Waals surface area contributed by atoms with E-state index in [2.05, 4.69) is 26.8 Å². The summed E-state index contributed by atoms with van der Waals surface area (Å²) >= 11 is 0. The molecule has 2 atom stereocenters. The third-order valence-electron chi connectivity index (χ3n) is 2.86. The van der Waals surface area contributed by atoms with Crippen molar-refractivity contribution in [2.24, 2.45) is 0 Å². The largest absolute Gasteiger partial charge is 0.353 e.